The van der Waals surface area contributed by atoms with E-state index in [1.807, 2.05) is 0 Å². The van der Waals surface area contributed by atoms with E-state index in [0.29, 0.717) is 28.6 Å². The van der Waals surface area contributed by atoms with Crippen LogP contribution in [-0.4, -0.2) is 37.1 Å². The minimum absolute atomic E-state index is 0.119. The summed E-state index contributed by atoms with van der Waals surface area (Å²) in [6.07, 6.45) is 1.49. The molecule has 2 aromatic rings. The zero-order chi connectivity index (χ0) is 15.2. The van der Waals surface area contributed by atoms with Gasteiger partial charge in [-0.15, -0.1) is 0 Å². The summed E-state index contributed by atoms with van der Waals surface area (Å²) in [6, 6.07) is 6.81. The number of methoxy groups -OCH3 is 3. The summed E-state index contributed by atoms with van der Waals surface area (Å²) in [5.41, 5.74) is 1.03. The van der Waals surface area contributed by atoms with Crippen LogP contribution in [0.5, 0.6) is 17.4 Å². The van der Waals surface area contributed by atoms with E-state index in [2.05, 4.69) is 9.97 Å². The summed E-state index contributed by atoms with van der Waals surface area (Å²) < 4.78 is 15.5. The number of rotatable bonds is 6. The van der Waals surface area contributed by atoms with Gasteiger partial charge in [0.05, 0.1) is 39.0 Å². The van der Waals surface area contributed by atoms with E-state index in [0.717, 1.165) is 0 Å². The van der Waals surface area contributed by atoms with Crippen LogP contribution in [0.4, 0.5) is 0 Å². The molecule has 0 amide bonds. The number of benzene rings is 1. The average molecular weight is 288 g/mol. The van der Waals surface area contributed by atoms with E-state index in [1.165, 1.54) is 27.7 Å². The Bertz CT molecular complexity index is 643. The van der Waals surface area contributed by atoms with Crippen LogP contribution in [0, 0.1) is 0 Å². The van der Waals surface area contributed by atoms with Crippen LogP contribution in [0.2, 0.25) is 0 Å². The molecule has 0 radical (unpaired) electrons. The zero-order valence-corrected chi connectivity index (χ0v) is 12.1. The van der Waals surface area contributed by atoms with Crippen molar-refractivity contribution in [3.63, 3.8) is 0 Å². The Morgan fingerprint density at radius 2 is 1.90 bits per heavy atom. The van der Waals surface area contributed by atoms with Crippen molar-refractivity contribution in [3.8, 4) is 17.4 Å². The van der Waals surface area contributed by atoms with Crippen molar-refractivity contribution in [1.29, 1.82) is 0 Å². The van der Waals surface area contributed by atoms with Crippen molar-refractivity contribution < 1.29 is 19.0 Å². The van der Waals surface area contributed by atoms with E-state index < -0.39 is 0 Å². The number of hydrogen-bond acceptors (Lipinski definition) is 6. The zero-order valence-electron chi connectivity index (χ0n) is 12.1. The highest BCUT2D eigenvalue weighted by Crippen LogP contribution is 2.31. The number of carbonyl (C=O) groups excluding carboxylic acids is 1. The van der Waals surface area contributed by atoms with Gasteiger partial charge in [0.2, 0.25) is 5.88 Å². The van der Waals surface area contributed by atoms with Crippen molar-refractivity contribution in [2.75, 3.05) is 21.3 Å². The van der Waals surface area contributed by atoms with Gasteiger partial charge in [-0.05, 0) is 12.1 Å². The molecule has 0 bridgehead atoms. The van der Waals surface area contributed by atoms with Gasteiger partial charge in [0, 0.05) is 6.07 Å². The van der Waals surface area contributed by atoms with Crippen molar-refractivity contribution in [2.45, 2.75) is 6.42 Å². The van der Waals surface area contributed by atoms with Gasteiger partial charge in [-0.1, -0.05) is 6.07 Å². The lowest BCUT2D eigenvalue weighted by Crippen LogP contribution is -2.08. The topological polar surface area (TPSA) is 70.5 Å². The second kappa shape index (κ2) is 6.69. The van der Waals surface area contributed by atoms with Gasteiger partial charge in [0.25, 0.3) is 0 Å². The lowest BCUT2D eigenvalue weighted by molar-refractivity contribution is 0.0988. The number of hydrogen-bond donors (Lipinski definition) is 0. The number of nitrogens with zero attached hydrogens (tertiary/aromatic N) is 2. The maximum atomic E-state index is 12.4. The molecule has 0 aliphatic rings. The number of ketones is 1. The maximum Gasteiger partial charge on any atom is 0.216 e. The van der Waals surface area contributed by atoms with Crippen molar-refractivity contribution in [1.82, 2.24) is 9.97 Å². The molecule has 0 fully saturated rings. The highest BCUT2D eigenvalue weighted by molar-refractivity contribution is 6.00. The monoisotopic (exact) mass is 288 g/mol. The molecule has 0 saturated heterocycles. The summed E-state index contributed by atoms with van der Waals surface area (Å²) in [5, 5.41) is 0. The Hall–Kier alpha value is -2.63. The molecule has 1 aromatic carbocycles. The fourth-order valence-corrected chi connectivity index (χ4v) is 1.95. The van der Waals surface area contributed by atoms with Gasteiger partial charge in [-0.2, -0.15) is 0 Å². The fraction of sp³-hybridized carbons (Fsp3) is 0.267. The van der Waals surface area contributed by atoms with Crippen LogP contribution in [-0.2, 0) is 6.42 Å². The molecule has 2 rings (SSSR count). The normalized spacial score (nSPS) is 10.0. The SMILES string of the molecule is COc1cc(CC(=O)c2cccc(OC)c2OC)ncn1. The summed E-state index contributed by atoms with van der Waals surface area (Å²) >= 11 is 0. The molecular weight excluding hydrogens is 272 g/mol. The van der Waals surface area contributed by atoms with Gasteiger partial charge in [-0.25, -0.2) is 9.97 Å². The van der Waals surface area contributed by atoms with Gasteiger partial charge in [-0.3, -0.25) is 4.79 Å². The Balaban J connectivity index is 2.28. The van der Waals surface area contributed by atoms with Crippen molar-refractivity contribution in [2.24, 2.45) is 0 Å². The Morgan fingerprint density at radius 3 is 2.57 bits per heavy atom. The van der Waals surface area contributed by atoms with E-state index in [1.54, 1.807) is 24.3 Å². The largest absolute Gasteiger partial charge is 0.493 e. The summed E-state index contributed by atoms with van der Waals surface area (Å²) in [4.78, 5) is 20.4. The molecule has 0 aliphatic heterocycles. The molecule has 0 saturated carbocycles. The first kappa shape index (κ1) is 14.8. The Labute approximate surface area is 122 Å². The van der Waals surface area contributed by atoms with Crippen LogP contribution in [0.1, 0.15) is 16.1 Å². The predicted octanol–water partition coefficient (Wildman–Crippen LogP) is 1.93. The lowest BCUT2D eigenvalue weighted by atomic mass is 10.0. The molecular formula is C15H16N2O4. The average Bonchev–Trinajstić information content (AvgIpc) is 2.53. The Morgan fingerprint density at radius 1 is 1.10 bits per heavy atom. The van der Waals surface area contributed by atoms with Gasteiger partial charge in [0.15, 0.2) is 17.3 Å². The van der Waals surface area contributed by atoms with Crippen LogP contribution in [0.25, 0.3) is 0 Å². The summed E-state index contributed by atoms with van der Waals surface area (Å²) in [6.45, 7) is 0. The molecule has 6 nitrogen and oxygen atoms in total. The lowest BCUT2D eigenvalue weighted by Gasteiger charge is -2.11. The van der Waals surface area contributed by atoms with Crippen LogP contribution >= 0.6 is 0 Å². The van der Waals surface area contributed by atoms with Crippen molar-refractivity contribution in [3.05, 3.63) is 41.9 Å². The van der Waals surface area contributed by atoms with Crippen LogP contribution in [0.15, 0.2) is 30.6 Å². The molecule has 0 spiro atoms. The molecule has 1 aromatic heterocycles. The van der Waals surface area contributed by atoms with Gasteiger partial charge < -0.3 is 14.2 Å². The maximum absolute atomic E-state index is 12.4. The molecule has 0 N–H and O–H groups in total. The molecule has 21 heavy (non-hydrogen) atoms. The third kappa shape index (κ3) is 3.28. The molecule has 6 heteroatoms. The number of aromatic nitrogens is 2. The van der Waals surface area contributed by atoms with E-state index in [-0.39, 0.29) is 12.2 Å². The van der Waals surface area contributed by atoms with Crippen LogP contribution in [0.3, 0.4) is 0 Å². The Kier molecular flexibility index (Phi) is 4.71. The minimum atomic E-state index is -0.119. The number of para-hydroxylation sites is 1. The molecule has 110 valence electrons. The second-order valence-electron chi connectivity index (χ2n) is 4.19. The van der Waals surface area contributed by atoms with Crippen LogP contribution < -0.4 is 14.2 Å². The standard InChI is InChI=1S/C15H16N2O4/c1-19-13-6-4-5-11(15(13)21-3)12(18)7-10-8-14(20-2)17-9-16-10/h4-6,8-9H,7H2,1-3H3. The molecule has 1 heterocycles. The highest BCUT2D eigenvalue weighted by Gasteiger charge is 2.17. The second-order valence-corrected chi connectivity index (χ2v) is 4.19. The first-order valence-corrected chi connectivity index (χ1v) is 6.28. The summed E-state index contributed by atoms with van der Waals surface area (Å²) in [5.74, 6) is 1.24. The molecule has 0 unspecified atom stereocenters. The van der Waals surface area contributed by atoms with Crippen molar-refractivity contribution >= 4 is 5.78 Å². The molecule has 0 atom stereocenters. The van der Waals surface area contributed by atoms with E-state index >= 15 is 0 Å². The van der Waals surface area contributed by atoms with E-state index in [9.17, 15) is 4.79 Å². The fourth-order valence-electron chi connectivity index (χ4n) is 1.95. The number of Topliss-reactive ketones (excluding diaryl/α,β-unsaturated/α-hetero) is 1. The third-order valence-electron chi connectivity index (χ3n) is 2.95. The number of carbonyl (C=O) groups is 1. The van der Waals surface area contributed by atoms with Gasteiger partial charge >= 0.3 is 0 Å². The summed E-state index contributed by atoms with van der Waals surface area (Å²) in [7, 11) is 4.54. The smallest absolute Gasteiger partial charge is 0.216 e. The first-order chi connectivity index (χ1) is 10.2. The minimum Gasteiger partial charge on any atom is -0.493 e. The number of ether oxygens (including phenoxy) is 3. The van der Waals surface area contributed by atoms with Gasteiger partial charge in [0.1, 0.15) is 6.33 Å². The quantitative estimate of drug-likeness (QED) is 0.756. The van der Waals surface area contributed by atoms with E-state index in [4.69, 9.17) is 14.2 Å². The molecule has 0 aliphatic carbocycles. The first-order valence-electron chi connectivity index (χ1n) is 6.28. The third-order valence-corrected chi connectivity index (χ3v) is 2.95. The predicted molar refractivity (Wildman–Crippen MR) is 76.2 cm³/mol. The highest BCUT2D eigenvalue weighted by atomic mass is 16.5.